The van der Waals surface area contributed by atoms with Crippen LogP contribution in [-0.4, -0.2) is 51.7 Å². The van der Waals surface area contributed by atoms with Gasteiger partial charge in [0.15, 0.2) is 28.7 Å². The summed E-state index contributed by atoms with van der Waals surface area (Å²) >= 11 is 0. The van der Waals surface area contributed by atoms with Crippen molar-refractivity contribution < 1.29 is 28.8 Å². The van der Waals surface area contributed by atoms with Gasteiger partial charge in [-0.1, -0.05) is 0 Å². The van der Waals surface area contributed by atoms with E-state index in [0.717, 1.165) is 17.5 Å². The molecule has 2 aliphatic rings. The molecule has 7 heteroatoms. The highest BCUT2D eigenvalue weighted by molar-refractivity contribution is 5.59. The van der Waals surface area contributed by atoms with Gasteiger partial charge in [-0.3, -0.25) is 4.90 Å². The van der Waals surface area contributed by atoms with Crippen molar-refractivity contribution in [2.45, 2.75) is 12.1 Å². The van der Waals surface area contributed by atoms with E-state index in [2.05, 4.69) is 0 Å². The largest absolute Gasteiger partial charge is 0.493 e. The highest BCUT2D eigenvalue weighted by atomic mass is 16.7. The fourth-order valence-corrected chi connectivity index (χ4v) is 3.83. The lowest BCUT2D eigenvalue weighted by atomic mass is 9.84. The highest BCUT2D eigenvalue weighted by Gasteiger charge is 2.43. The van der Waals surface area contributed by atoms with E-state index in [4.69, 9.17) is 23.7 Å². The maximum atomic E-state index is 11.9. The van der Waals surface area contributed by atoms with Crippen LogP contribution in [0, 0.1) is 0 Å². The molecule has 0 amide bonds. The first kappa shape index (κ1) is 17.8. The minimum Gasteiger partial charge on any atom is -0.493 e. The quantitative estimate of drug-likeness (QED) is 0.880. The van der Waals surface area contributed by atoms with E-state index >= 15 is 0 Å². The van der Waals surface area contributed by atoms with Crippen LogP contribution >= 0.6 is 0 Å². The smallest absolute Gasteiger partial charge is 0.231 e. The van der Waals surface area contributed by atoms with Crippen LogP contribution in [0.25, 0.3) is 0 Å². The Morgan fingerprint density at radius 2 is 1.59 bits per heavy atom. The average Bonchev–Trinajstić information content (AvgIpc) is 3.15. The van der Waals surface area contributed by atoms with Crippen LogP contribution in [0.2, 0.25) is 0 Å². The molecule has 2 aromatic carbocycles. The first-order chi connectivity index (χ1) is 13.0. The van der Waals surface area contributed by atoms with Crippen LogP contribution in [-0.2, 0) is 12.1 Å². The molecule has 2 aromatic rings. The lowest BCUT2D eigenvalue weighted by Gasteiger charge is -2.43. The SMILES string of the molecule is COc1cc([C@@]2(O)c3cc4c(cc3CCN2C)OCO4)cc(OC)c1OC. The number of benzene rings is 2. The van der Waals surface area contributed by atoms with Gasteiger partial charge in [0.1, 0.15) is 0 Å². The molecule has 2 heterocycles. The molecule has 0 spiro atoms. The van der Waals surface area contributed by atoms with E-state index in [9.17, 15) is 5.11 Å². The van der Waals surface area contributed by atoms with Gasteiger partial charge >= 0.3 is 0 Å². The van der Waals surface area contributed by atoms with Crippen LogP contribution in [0.4, 0.5) is 0 Å². The summed E-state index contributed by atoms with van der Waals surface area (Å²) in [6.07, 6.45) is 0.801. The Hall–Kier alpha value is -2.64. The predicted octanol–water partition coefficient (Wildman–Crippen LogP) is 2.12. The predicted molar refractivity (Wildman–Crippen MR) is 98.0 cm³/mol. The maximum absolute atomic E-state index is 11.9. The minimum absolute atomic E-state index is 0.191. The Morgan fingerprint density at radius 1 is 0.963 bits per heavy atom. The third kappa shape index (κ3) is 2.57. The maximum Gasteiger partial charge on any atom is 0.231 e. The Labute approximate surface area is 158 Å². The molecule has 0 unspecified atom stereocenters. The van der Waals surface area contributed by atoms with E-state index in [1.165, 1.54) is 0 Å². The number of ether oxygens (including phenoxy) is 5. The second-order valence-corrected chi connectivity index (χ2v) is 6.62. The van der Waals surface area contributed by atoms with Gasteiger partial charge in [-0.05, 0) is 43.3 Å². The molecular formula is C20H23NO6. The molecule has 144 valence electrons. The first-order valence-electron chi connectivity index (χ1n) is 8.70. The number of nitrogens with zero attached hydrogens (tertiary/aromatic N) is 1. The van der Waals surface area contributed by atoms with Gasteiger partial charge in [0.2, 0.25) is 12.5 Å². The molecule has 1 N–H and O–H groups in total. The number of likely N-dealkylation sites (N-methyl/N-ethyl adjacent to an activating group) is 1. The molecule has 4 rings (SSSR count). The van der Waals surface area contributed by atoms with Crippen LogP contribution in [0.3, 0.4) is 0 Å². The van der Waals surface area contributed by atoms with Crippen LogP contribution in [0.1, 0.15) is 16.7 Å². The number of rotatable bonds is 4. The van der Waals surface area contributed by atoms with Gasteiger partial charge in [-0.15, -0.1) is 0 Å². The Kier molecular flexibility index (Phi) is 4.28. The number of fused-ring (bicyclic) bond motifs is 2. The zero-order valence-corrected chi connectivity index (χ0v) is 15.9. The summed E-state index contributed by atoms with van der Waals surface area (Å²) in [6, 6.07) is 7.36. The zero-order chi connectivity index (χ0) is 19.2. The fourth-order valence-electron chi connectivity index (χ4n) is 3.83. The minimum atomic E-state index is -1.37. The molecule has 7 nitrogen and oxygen atoms in total. The molecule has 0 saturated heterocycles. The van der Waals surface area contributed by atoms with Gasteiger partial charge in [0.25, 0.3) is 0 Å². The fraction of sp³-hybridized carbons (Fsp3) is 0.400. The number of hydrogen-bond acceptors (Lipinski definition) is 7. The van der Waals surface area contributed by atoms with E-state index in [1.54, 1.807) is 33.5 Å². The Bertz CT molecular complexity index is 858. The van der Waals surface area contributed by atoms with Crippen molar-refractivity contribution in [2.24, 2.45) is 0 Å². The van der Waals surface area contributed by atoms with Crippen molar-refractivity contribution in [3.63, 3.8) is 0 Å². The molecule has 0 radical (unpaired) electrons. The molecule has 0 aromatic heterocycles. The summed E-state index contributed by atoms with van der Waals surface area (Å²) in [4.78, 5) is 1.90. The van der Waals surface area contributed by atoms with Gasteiger partial charge in [-0.2, -0.15) is 0 Å². The second kappa shape index (κ2) is 6.51. The summed E-state index contributed by atoms with van der Waals surface area (Å²) in [5.74, 6) is 2.81. The molecule has 2 aliphatic heterocycles. The monoisotopic (exact) mass is 373 g/mol. The van der Waals surface area contributed by atoms with E-state index in [0.29, 0.717) is 40.9 Å². The molecule has 27 heavy (non-hydrogen) atoms. The van der Waals surface area contributed by atoms with Gasteiger partial charge in [0.05, 0.1) is 21.3 Å². The standard InChI is InChI=1S/C20H23NO6/c1-21-6-5-12-7-15-16(27-11-26-15)10-14(12)20(21,22)13-8-17(23-2)19(25-4)18(9-13)24-3/h7-10,22H,5-6,11H2,1-4H3/t20-/m1/s1. The second-order valence-electron chi connectivity index (χ2n) is 6.62. The number of hydrogen-bond donors (Lipinski definition) is 1. The summed E-state index contributed by atoms with van der Waals surface area (Å²) in [5.41, 5.74) is 1.03. The molecule has 0 saturated carbocycles. The lowest BCUT2D eigenvalue weighted by Crippen LogP contribution is -2.49. The van der Waals surface area contributed by atoms with Crippen LogP contribution < -0.4 is 23.7 Å². The van der Waals surface area contributed by atoms with Gasteiger partial charge < -0.3 is 28.8 Å². The third-order valence-electron chi connectivity index (χ3n) is 5.31. The Balaban J connectivity index is 1.93. The Morgan fingerprint density at radius 3 is 2.19 bits per heavy atom. The summed E-state index contributed by atoms with van der Waals surface area (Å²) < 4.78 is 27.4. The van der Waals surface area contributed by atoms with Crippen molar-refractivity contribution in [1.29, 1.82) is 0 Å². The van der Waals surface area contributed by atoms with Gasteiger partial charge in [-0.25, -0.2) is 0 Å². The third-order valence-corrected chi connectivity index (χ3v) is 5.31. The summed E-state index contributed by atoms with van der Waals surface area (Å²) in [5, 5.41) is 11.9. The van der Waals surface area contributed by atoms with Crippen molar-refractivity contribution >= 4 is 0 Å². The van der Waals surface area contributed by atoms with Crippen molar-refractivity contribution in [3.8, 4) is 28.7 Å². The number of aliphatic hydroxyl groups is 1. The van der Waals surface area contributed by atoms with Crippen molar-refractivity contribution in [2.75, 3.05) is 41.7 Å². The topological polar surface area (TPSA) is 69.6 Å². The van der Waals surface area contributed by atoms with E-state index < -0.39 is 5.72 Å². The molecule has 0 bridgehead atoms. The summed E-state index contributed by atoms with van der Waals surface area (Å²) in [7, 11) is 6.55. The van der Waals surface area contributed by atoms with Gasteiger partial charge in [0, 0.05) is 17.7 Å². The molecule has 0 fully saturated rings. The average molecular weight is 373 g/mol. The molecule has 0 aliphatic carbocycles. The molecular weight excluding hydrogens is 350 g/mol. The summed E-state index contributed by atoms with van der Waals surface area (Å²) in [6.45, 7) is 0.872. The highest BCUT2D eigenvalue weighted by Crippen LogP contribution is 2.48. The number of methoxy groups -OCH3 is 3. The van der Waals surface area contributed by atoms with Crippen LogP contribution in [0.5, 0.6) is 28.7 Å². The van der Waals surface area contributed by atoms with Crippen molar-refractivity contribution in [1.82, 2.24) is 4.90 Å². The van der Waals surface area contributed by atoms with Crippen molar-refractivity contribution in [3.05, 3.63) is 41.0 Å². The van der Waals surface area contributed by atoms with Crippen LogP contribution in [0.15, 0.2) is 24.3 Å². The normalized spacial score (nSPS) is 20.9. The van der Waals surface area contributed by atoms with E-state index in [1.807, 2.05) is 24.1 Å². The molecule has 1 atom stereocenters. The lowest BCUT2D eigenvalue weighted by molar-refractivity contribution is -0.0733. The zero-order valence-electron chi connectivity index (χ0n) is 15.9. The van der Waals surface area contributed by atoms with E-state index in [-0.39, 0.29) is 6.79 Å². The first-order valence-corrected chi connectivity index (χ1v) is 8.70.